The molecule has 1 aromatic rings. The summed E-state index contributed by atoms with van der Waals surface area (Å²) in [4.78, 5) is 26.3. The van der Waals surface area contributed by atoms with Crippen molar-refractivity contribution in [3.8, 4) is 0 Å². The second-order valence-corrected chi connectivity index (χ2v) is 8.26. The van der Waals surface area contributed by atoms with Gasteiger partial charge in [-0.05, 0) is 58.9 Å². The van der Waals surface area contributed by atoms with Crippen LogP contribution < -0.4 is 10.2 Å². The summed E-state index contributed by atoms with van der Waals surface area (Å²) in [5.41, 5.74) is 1.16. The Morgan fingerprint density at radius 1 is 1.12 bits per heavy atom. The van der Waals surface area contributed by atoms with Crippen LogP contribution in [0.4, 0.5) is 5.82 Å². The maximum absolute atomic E-state index is 12.4. The number of carbonyl (C=O) groups is 1. The maximum Gasteiger partial charge on any atom is 0.224 e. The third-order valence-corrected chi connectivity index (χ3v) is 6.09. The number of nitrogens with zero attached hydrogens (tertiary/aromatic N) is 4. The lowest BCUT2D eigenvalue weighted by atomic mass is 9.93. The number of hydrogen-bond acceptors (Lipinski definition) is 5. The van der Waals surface area contributed by atoms with Crippen molar-refractivity contribution in [1.82, 2.24) is 20.2 Å². The number of nitrogens with one attached hydrogen (secondary N) is 1. The van der Waals surface area contributed by atoms with Gasteiger partial charge in [0.05, 0.1) is 5.92 Å². The molecule has 26 heavy (non-hydrogen) atoms. The Hall–Kier alpha value is -1.69. The van der Waals surface area contributed by atoms with Crippen LogP contribution >= 0.6 is 0 Å². The fraction of sp³-hybridized carbons (Fsp3) is 0.750. The van der Waals surface area contributed by atoms with Crippen molar-refractivity contribution in [1.29, 1.82) is 0 Å². The van der Waals surface area contributed by atoms with E-state index in [0.29, 0.717) is 18.0 Å². The fourth-order valence-electron chi connectivity index (χ4n) is 4.38. The van der Waals surface area contributed by atoms with Crippen molar-refractivity contribution in [2.75, 3.05) is 31.1 Å². The van der Waals surface area contributed by atoms with E-state index in [1.54, 1.807) is 0 Å². The molecule has 2 aliphatic heterocycles. The van der Waals surface area contributed by atoms with E-state index in [9.17, 15) is 4.79 Å². The van der Waals surface area contributed by atoms with Gasteiger partial charge in [0.15, 0.2) is 0 Å². The average molecular weight is 358 g/mol. The van der Waals surface area contributed by atoms with Crippen molar-refractivity contribution >= 4 is 11.7 Å². The number of aromatic nitrogens is 2. The quantitative estimate of drug-likeness (QED) is 0.894. The molecule has 3 heterocycles. The molecule has 1 N–H and O–H groups in total. The van der Waals surface area contributed by atoms with Crippen LogP contribution in [0.15, 0.2) is 6.20 Å². The van der Waals surface area contributed by atoms with E-state index in [2.05, 4.69) is 32.0 Å². The van der Waals surface area contributed by atoms with Crippen LogP contribution in [0.25, 0.3) is 0 Å². The molecule has 0 bridgehead atoms. The SMILES string of the molecule is Cc1ncc(C)c(N2CCC(N3CCC[C@@H](C(=O)NC4CC4)C3)CC2)n1. The van der Waals surface area contributed by atoms with Crippen molar-refractivity contribution in [2.45, 2.75) is 64.5 Å². The molecule has 6 nitrogen and oxygen atoms in total. The predicted molar refractivity (Wildman–Crippen MR) is 102 cm³/mol. The lowest BCUT2D eigenvalue weighted by molar-refractivity contribution is -0.127. The number of anilines is 1. The summed E-state index contributed by atoms with van der Waals surface area (Å²) in [6.45, 7) is 8.21. The normalized spacial score (nSPS) is 25.3. The zero-order valence-electron chi connectivity index (χ0n) is 16.1. The molecule has 0 spiro atoms. The Labute approximate surface area is 156 Å². The minimum atomic E-state index is 0.189. The van der Waals surface area contributed by atoms with Gasteiger partial charge < -0.3 is 10.2 Å². The minimum Gasteiger partial charge on any atom is -0.356 e. The Bertz CT molecular complexity index is 652. The monoisotopic (exact) mass is 357 g/mol. The van der Waals surface area contributed by atoms with Gasteiger partial charge in [-0.25, -0.2) is 9.97 Å². The van der Waals surface area contributed by atoms with Gasteiger partial charge in [-0.15, -0.1) is 0 Å². The number of likely N-dealkylation sites (tertiary alicyclic amines) is 1. The Morgan fingerprint density at radius 2 is 1.88 bits per heavy atom. The third kappa shape index (κ3) is 4.00. The first kappa shape index (κ1) is 17.7. The van der Waals surface area contributed by atoms with E-state index in [0.717, 1.165) is 69.1 Å². The zero-order valence-corrected chi connectivity index (χ0v) is 16.1. The maximum atomic E-state index is 12.4. The first-order valence-corrected chi connectivity index (χ1v) is 10.2. The minimum absolute atomic E-state index is 0.189. The standard InChI is InChI=1S/C20H31N5O/c1-14-12-21-15(2)22-19(14)24-10-7-18(8-11-24)25-9-3-4-16(13-25)20(26)23-17-5-6-17/h12,16-18H,3-11,13H2,1-2H3,(H,23,26)/t16-/m1/s1. The lowest BCUT2D eigenvalue weighted by Gasteiger charge is -2.42. The van der Waals surface area contributed by atoms with Gasteiger partial charge >= 0.3 is 0 Å². The van der Waals surface area contributed by atoms with Crippen molar-refractivity contribution in [2.24, 2.45) is 5.92 Å². The molecule has 1 amide bonds. The third-order valence-electron chi connectivity index (χ3n) is 6.09. The molecular formula is C20H31N5O. The largest absolute Gasteiger partial charge is 0.356 e. The van der Waals surface area contributed by atoms with Crippen molar-refractivity contribution in [3.05, 3.63) is 17.6 Å². The fourth-order valence-corrected chi connectivity index (χ4v) is 4.38. The van der Waals surface area contributed by atoms with E-state index in [1.807, 2.05) is 13.1 Å². The molecule has 1 saturated carbocycles. The van der Waals surface area contributed by atoms with Gasteiger partial charge in [0.1, 0.15) is 11.6 Å². The van der Waals surface area contributed by atoms with E-state index in [1.165, 1.54) is 12.8 Å². The van der Waals surface area contributed by atoms with Gasteiger partial charge in [-0.3, -0.25) is 9.69 Å². The van der Waals surface area contributed by atoms with Crippen LogP contribution in [-0.2, 0) is 4.79 Å². The Kier molecular flexibility index (Phi) is 5.11. The number of piperidine rings is 2. The highest BCUT2D eigenvalue weighted by Crippen LogP contribution is 2.28. The van der Waals surface area contributed by atoms with Crippen LogP contribution in [0.5, 0.6) is 0 Å². The number of aryl methyl sites for hydroxylation is 2. The van der Waals surface area contributed by atoms with E-state index in [-0.39, 0.29) is 5.92 Å². The van der Waals surface area contributed by atoms with E-state index in [4.69, 9.17) is 0 Å². The molecule has 1 aromatic heterocycles. The molecule has 3 aliphatic rings. The second kappa shape index (κ2) is 7.51. The summed E-state index contributed by atoms with van der Waals surface area (Å²) >= 11 is 0. The summed E-state index contributed by atoms with van der Waals surface area (Å²) in [6.07, 6.45) is 8.77. The zero-order chi connectivity index (χ0) is 18.1. The van der Waals surface area contributed by atoms with Crippen LogP contribution in [-0.4, -0.2) is 59.0 Å². The highest BCUT2D eigenvalue weighted by atomic mass is 16.2. The molecule has 3 fully saturated rings. The van der Waals surface area contributed by atoms with Gasteiger partial charge in [0.25, 0.3) is 0 Å². The average Bonchev–Trinajstić information content (AvgIpc) is 3.48. The highest BCUT2D eigenvalue weighted by molar-refractivity contribution is 5.79. The number of rotatable bonds is 4. The summed E-state index contributed by atoms with van der Waals surface area (Å²) in [5, 5.41) is 3.20. The molecule has 0 unspecified atom stereocenters. The predicted octanol–water partition coefficient (Wildman–Crippen LogP) is 2.05. The molecule has 1 aliphatic carbocycles. The van der Waals surface area contributed by atoms with Crippen LogP contribution in [0, 0.1) is 19.8 Å². The van der Waals surface area contributed by atoms with Crippen LogP contribution in [0.2, 0.25) is 0 Å². The summed E-state index contributed by atoms with van der Waals surface area (Å²) in [6, 6.07) is 1.08. The van der Waals surface area contributed by atoms with E-state index < -0.39 is 0 Å². The van der Waals surface area contributed by atoms with Gasteiger partial charge in [0, 0.05) is 43.5 Å². The molecule has 4 rings (SSSR count). The second-order valence-electron chi connectivity index (χ2n) is 8.26. The molecular weight excluding hydrogens is 326 g/mol. The molecule has 0 radical (unpaired) electrons. The van der Waals surface area contributed by atoms with Gasteiger partial charge in [-0.1, -0.05) is 0 Å². The van der Waals surface area contributed by atoms with Gasteiger partial charge in [-0.2, -0.15) is 0 Å². The summed E-state index contributed by atoms with van der Waals surface area (Å²) in [5.74, 6) is 2.42. The number of amides is 1. The first-order chi connectivity index (χ1) is 12.6. The molecule has 0 aromatic carbocycles. The summed E-state index contributed by atoms with van der Waals surface area (Å²) < 4.78 is 0. The van der Waals surface area contributed by atoms with E-state index >= 15 is 0 Å². The molecule has 1 atom stereocenters. The topological polar surface area (TPSA) is 61.4 Å². The molecule has 6 heteroatoms. The smallest absolute Gasteiger partial charge is 0.224 e. The van der Waals surface area contributed by atoms with Crippen molar-refractivity contribution < 1.29 is 4.79 Å². The number of carbonyl (C=O) groups excluding carboxylic acids is 1. The van der Waals surface area contributed by atoms with Gasteiger partial charge in [0.2, 0.25) is 5.91 Å². The van der Waals surface area contributed by atoms with Crippen LogP contribution in [0.1, 0.15) is 49.9 Å². The lowest BCUT2D eigenvalue weighted by Crippen LogP contribution is -2.51. The number of hydrogen-bond donors (Lipinski definition) is 1. The highest BCUT2D eigenvalue weighted by Gasteiger charge is 2.34. The van der Waals surface area contributed by atoms with Crippen molar-refractivity contribution in [3.63, 3.8) is 0 Å². The molecule has 2 saturated heterocycles. The first-order valence-electron chi connectivity index (χ1n) is 10.2. The summed E-state index contributed by atoms with van der Waals surface area (Å²) in [7, 11) is 0. The Morgan fingerprint density at radius 3 is 2.62 bits per heavy atom. The Balaban J connectivity index is 1.32. The van der Waals surface area contributed by atoms with Crippen LogP contribution in [0.3, 0.4) is 0 Å². The molecule has 142 valence electrons.